The van der Waals surface area contributed by atoms with Crippen LogP contribution in [-0.4, -0.2) is 33.8 Å². The van der Waals surface area contributed by atoms with Gasteiger partial charge in [0.15, 0.2) is 5.96 Å². The molecule has 2 rings (SSSR count). The molecule has 2 N–H and O–H groups in total. The summed E-state index contributed by atoms with van der Waals surface area (Å²) in [6, 6.07) is 8.92. The van der Waals surface area contributed by atoms with Crippen LogP contribution in [0.4, 0.5) is 13.2 Å². The van der Waals surface area contributed by atoms with E-state index >= 15 is 0 Å². The van der Waals surface area contributed by atoms with Crippen molar-refractivity contribution in [1.29, 1.82) is 0 Å². The number of rotatable bonds is 8. The zero-order valence-corrected chi connectivity index (χ0v) is 16.6. The van der Waals surface area contributed by atoms with E-state index in [9.17, 15) is 13.2 Å². The van der Waals surface area contributed by atoms with Crippen LogP contribution in [0.1, 0.15) is 24.1 Å². The summed E-state index contributed by atoms with van der Waals surface area (Å²) in [6.07, 6.45) is 0. The number of nitrogens with one attached hydrogen (secondary N) is 2. The highest BCUT2D eigenvalue weighted by molar-refractivity contribution is 5.80. The number of aliphatic imine (C=N–C) groups is 1. The molecule has 2 aromatic rings. The Balaban J connectivity index is 2.13. The van der Waals surface area contributed by atoms with Crippen molar-refractivity contribution in [1.82, 2.24) is 10.6 Å². The predicted octanol–water partition coefficient (Wildman–Crippen LogP) is 3.87. The Bertz CT molecular complexity index is 847. The molecule has 29 heavy (non-hydrogen) atoms. The van der Waals surface area contributed by atoms with Crippen molar-refractivity contribution in [3.63, 3.8) is 0 Å². The first-order valence-corrected chi connectivity index (χ1v) is 8.80. The maximum atomic E-state index is 14.1. The van der Waals surface area contributed by atoms with Crippen LogP contribution in [0.2, 0.25) is 0 Å². The quantitative estimate of drug-likeness (QED) is 0.510. The summed E-state index contributed by atoms with van der Waals surface area (Å²) >= 11 is 0. The van der Waals surface area contributed by atoms with Crippen LogP contribution in [-0.2, 0) is 6.54 Å². The molecule has 2 aromatic carbocycles. The molecule has 0 fully saturated rings. The summed E-state index contributed by atoms with van der Waals surface area (Å²) < 4.78 is 54.3. The van der Waals surface area contributed by atoms with E-state index in [0.29, 0.717) is 17.5 Å². The zero-order valence-electron chi connectivity index (χ0n) is 16.6. The van der Waals surface area contributed by atoms with Gasteiger partial charge in [-0.2, -0.15) is 8.78 Å². The van der Waals surface area contributed by atoms with E-state index in [0.717, 1.165) is 5.56 Å². The highest BCUT2D eigenvalue weighted by atomic mass is 19.3. The Morgan fingerprint density at radius 3 is 2.48 bits per heavy atom. The summed E-state index contributed by atoms with van der Waals surface area (Å²) in [5, 5.41) is 6.06. The number of hydrogen-bond acceptors (Lipinski definition) is 4. The van der Waals surface area contributed by atoms with E-state index in [-0.39, 0.29) is 23.9 Å². The highest BCUT2D eigenvalue weighted by Crippen LogP contribution is 2.29. The Kier molecular flexibility index (Phi) is 7.99. The fourth-order valence-corrected chi connectivity index (χ4v) is 2.74. The molecule has 0 amide bonds. The second kappa shape index (κ2) is 10.4. The maximum absolute atomic E-state index is 14.1. The number of hydrogen-bond donors (Lipinski definition) is 2. The second-order valence-corrected chi connectivity index (χ2v) is 5.99. The lowest BCUT2D eigenvalue weighted by Crippen LogP contribution is -2.38. The molecule has 1 atom stereocenters. The number of methoxy groups -OCH3 is 2. The molecule has 6 nitrogen and oxygen atoms in total. The molecule has 0 aromatic heterocycles. The normalized spacial score (nSPS) is 12.5. The van der Waals surface area contributed by atoms with Crippen molar-refractivity contribution >= 4 is 5.96 Å². The van der Waals surface area contributed by atoms with Gasteiger partial charge in [0, 0.05) is 24.7 Å². The fraction of sp³-hybridized carbons (Fsp3) is 0.350. The van der Waals surface area contributed by atoms with Crippen LogP contribution in [0.15, 0.2) is 41.4 Å². The van der Waals surface area contributed by atoms with Gasteiger partial charge >= 0.3 is 6.61 Å². The molecular weight excluding hydrogens is 387 g/mol. The molecule has 0 aliphatic heterocycles. The predicted molar refractivity (Wildman–Crippen MR) is 104 cm³/mol. The Morgan fingerprint density at radius 2 is 1.86 bits per heavy atom. The lowest BCUT2D eigenvalue weighted by atomic mass is 10.1. The molecule has 0 aliphatic rings. The summed E-state index contributed by atoms with van der Waals surface area (Å²) in [5.74, 6) is 0.772. The third kappa shape index (κ3) is 5.94. The van der Waals surface area contributed by atoms with Gasteiger partial charge in [-0.25, -0.2) is 4.39 Å². The van der Waals surface area contributed by atoms with E-state index in [1.165, 1.54) is 18.2 Å². The first-order valence-electron chi connectivity index (χ1n) is 8.80. The topological polar surface area (TPSA) is 64.1 Å². The van der Waals surface area contributed by atoms with Crippen molar-refractivity contribution < 1.29 is 27.4 Å². The lowest BCUT2D eigenvalue weighted by molar-refractivity contribution is -0.0506. The molecule has 0 bridgehead atoms. The van der Waals surface area contributed by atoms with Crippen molar-refractivity contribution in [2.45, 2.75) is 26.1 Å². The minimum Gasteiger partial charge on any atom is -0.497 e. The molecule has 0 heterocycles. The minimum atomic E-state index is -3.05. The van der Waals surface area contributed by atoms with Crippen LogP contribution in [0, 0.1) is 5.82 Å². The monoisotopic (exact) mass is 411 g/mol. The third-order valence-corrected chi connectivity index (χ3v) is 4.20. The first kappa shape index (κ1) is 22.2. The van der Waals surface area contributed by atoms with Crippen molar-refractivity contribution in [3.05, 3.63) is 53.3 Å². The number of alkyl halides is 2. The van der Waals surface area contributed by atoms with Crippen LogP contribution in [0.3, 0.4) is 0 Å². The van der Waals surface area contributed by atoms with Gasteiger partial charge in [0.2, 0.25) is 0 Å². The average Bonchev–Trinajstić information content (AvgIpc) is 2.71. The van der Waals surface area contributed by atoms with Gasteiger partial charge in [0.25, 0.3) is 0 Å². The number of guanidine groups is 1. The Morgan fingerprint density at radius 1 is 1.10 bits per heavy atom. The summed E-state index contributed by atoms with van der Waals surface area (Å²) in [6.45, 7) is -1.26. The molecule has 1 unspecified atom stereocenters. The number of ether oxygens (including phenoxy) is 3. The van der Waals surface area contributed by atoms with Gasteiger partial charge in [-0.15, -0.1) is 0 Å². The van der Waals surface area contributed by atoms with Gasteiger partial charge in [-0.3, -0.25) is 4.99 Å². The van der Waals surface area contributed by atoms with Crippen LogP contribution < -0.4 is 24.8 Å². The lowest BCUT2D eigenvalue weighted by Gasteiger charge is -2.21. The Hall–Kier alpha value is -3.10. The van der Waals surface area contributed by atoms with Gasteiger partial charge in [-0.05, 0) is 37.3 Å². The van der Waals surface area contributed by atoms with Gasteiger partial charge in [0.1, 0.15) is 23.1 Å². The van der Waals surface area contributed by atoms with E-state index in [1.54, 1.807) is 33.4 Å². The fourth-order valence-electron chi connectivity index (χ4n) is 2.74. The van der Waals surface area contributed by atoms with Crippen LogP contribution in [0.5, 0.6) is 17.2 Å². The molecule has 9 heteroatoms. The molecule has 0 aliphatic carbocycles. The average molecular weight is 411 g/mol. The summed E-state index contributed by atoms with van der Waals surface area (Å²) in [4.78, 5) is 4.10. The standard InChI is InChI=1S/C20H24F3N3O3/c1-12(14-10-13(27-3)8-9-17(14)28-4)26-20(24-2)25-11-15-16(21)6-5-7-18(15)29-19(22)23/h5-10,12,19H,11H2,1-4H3,(H2,24,25,26). The van der Waals surface area contributed by atoms with E-state index in [1.807, 2.05) is 13.0 Å². The number of halogens is 3. The number of nitrogens with zero attached hydrogens (tertiary/aromatic N) is 1. The summed E-state index contributed by atoms with van der Waals surface area (Å²) in [5.41, 5.74) is 0.796. The van der Waals surface area contributed by atoms with E-state index in [4.69, 9.17) is 9.47 Å². The van der Waals surface area contributed by atoms with Gasteiger partial charge in [0.05, 0.1) is 20.3 Å². The van der Waals surface area contributed by atoms with E-state index < -0.39 is 12.4 Å². The van der Waals surface area contributed by atoms with Crippen LogP contribution in [0.25, 0.3) is 0 Å². The molecule has 0 spiro atoms. The third-order valence-electron chi connectivity index (χ3n) is 4.20. The van der Waals surface area contributed by atoms with E-state index in [2.05, 4.69) is 20.4 Å². The van der Waals surface area contributed by atoms with Gasteiger partial charge < -0.3 is 24.8 Å². The molecular formula is C20H24F3N3O3. The maximum Gasteiger partial charge on any atom is 0.387 e. The van der Waals surface area contributed by atoms with Crippen LogP contribution >= 0.6 is 0 Å². The van der Waals surface area contributed by atoms with Gasteiger partial charge in [-0.1, -0.05) is 6.07 Å². The smallest absolute Gasteiger partial charge is 0.387 e. The largest absolute Gasteiger partial charge is 0.497 e. The Labute approximate surface area is 167 Å². The SMILES string of the molecule is CN=C(NCc1c(F)cccc1OC(F)F)NC(C)c1cc(OC)ccc1OC. The molecule has 158 valence electrons. The molecule has 0 saturated heterocycles. The van der Waals surface area contributed by atoms with Crippen molar-refractivity contribution in [2.24, 2.45) is 4.99 Å². The molecule has 0 radical (unpaired) electrons. The van der Waals surface area contributed by atoms with Crippen molar-refractivity contribution in [3.8, 4) is 17.2 Å². The molecule has 0 saturated carbocycles. The highest BCUT2D eigenvalue weighted by Gasteiger charge is 2.17. The van der Waals surface area contributed by atoms with Crippen molar-refractivity contribution in [2.75, 3.05) is 21.3 Å². The zero-order chi connectivity index (χ0) is 21.4. The summed E-state index contributed by atoms with van der Waals surface area (Å²) in [7, 11) is 4.67. The number of benzene rings is 2. The second-order valence-electron chi connectivity index (χ2n) is 5.99. The first-order chi connectivity index (χ1) is 13.9. The minimum absolute atomic E-state index is 0.0256.